The van der Waals surface area contributed by atoms with Gasteiger partial charge in [0.25, 0.3) is 0 Å². The highest BCUT2D eigenvalue weighted by Crippen LogP contribution is 2.69. The molecule has 0 spiro atoms. The lowest BCUT2D eigenvalue weighted by atomic mass is 10.1. The molecule has 4 atom stereocenters. The van der Waals surface area contributed by atoms with Crippen LogP contribution in [0.15, 0.2) is 58.7 Å². The van der Waals surface area contributed by atoms with Crippen LogP contribution in [-0.4, -0.2) is 94.9 Å². The van der Waals surface area contributed by atoms with Crippen molar-refractivity contribution in [1.29, 1.82) is 0 Å². The maximum Gasteiger partial charge on any atom is 0.407 e. The Morgan fingerprint density at radius 3 is 2.37 bits per heavy atom. The maximum absolute atomic E-state index is 12.8. The zero-order valence-corrected chi connectivity index (χ0v) is 38.5. The third kappa shape index (κ3) is 15.0. The number of likely N-dealkylation sites (N-methyl/N-ethyl adjacent to an activating group) is 1. The van der Waals surface area contributed by atoms with Crippen molar-refractivity contribution in [2.45, 2.75) is 117 Å². The number of hydrogen-bond acceptors (Lipinski definition) is 11. The number of carbonyl (C=O) groups is 3. The SMILES string of the molecule is C=CC1C[C@]1(NC(=O)C1CCCN1C)P(=O)(O)CC=C(C)C.CC(C)C.COc1ccc2c(=O)cc(-c3csc(NC(C)C)n3)[nH]c2c1.O=CCNC(=O)OC1CCCC1. The molecule has 3 aromatic rings. The number of thiazole rings is 1. The first kappa shape index (κ1) is 50.1. The summed E-state index contributed by atoms with van der Waals surface area (Å²) >= 11 is 1.52. The van der Waals surface area contributed by atoms with E-state index in [4.69, 9.17) is 9.47 Å². The van der Waals surface area contributed by atoms with Crippen molar-refractivity contribution in [1.82, 2.24) is 25.5 Å². The number of aromatic nitrogens is 2. The highest BCUT2D eigenvalue weighted by atomic mass is 32.1. The average molecular weight is 871 g/mol. The first-order chi connectivity index (χ1) is 28.4. The molecule has 0 radical (unpaired) electrons. The number of H-pyrrole nitrogens is 1. The molecule has 60 heavy (non-hydrogen) atoms. The standard InChI is InChI=1S/C16H17N3O2S.C16H27N2O3P.C8H13NO3.C4H10/c1-9(2)17-16-19-14(8-22-16)13-7-15(20)11-5-4-10(21-3)6-12(11)18-13;1-5-13-11-16(13,22(20,21)10-8-12(2)3)17-15(19)14-7-6-9-18(14)4;10-6-5-9-8(11)12-7-3-1-2-4-7;1-4(2)3/h4-9H,1-3H3,(H,17,19)(H,18,20);5,8,13-14H,1,6-7,9-11H2,2-4H3,(H,17,19)(H,20,21);6-7H,1-5H2,(H,9,11);4H,1-3H3/t;13?,14?,16-;;/m.0../s1. The Bertz CT molecular complexity index is 2020. The van der Waals surface area contributed by atoms with Crippen LogP contribution in [0.3, 0.4) is 0 Å². The van der Waals surface area contributed by atoms with Crippen LogP contribution in [0.4, 0.5) is 9.93 Å². The van der Waals surface area contributed by atoms with Gasteiger partial charge in [-0.2, -0.15) is 0 Å². The Balaban J connectivity index is 0.000000239. The van der Waals surface area contributed by atoms with Gasteiger partial charge in [0.1, 0.15) is 23.4 Å². The van der Waals surface area contributed by atoms with Crippen molar-refractivity contribution in [3.63, 3.8) is 0 Å². The normalized spacial score (nSPS) is 20.5. The Morgan fingerprint density at radius 2 is 1.82 bits per heavy atom. The molecule has 3 fully saturated rings. The summed E-state index contributed by atoms with van der Waals surface area (Å²) in [6.45, 7) is 19.1. The molecule has 5 N–H and O–H groups in total. The van der Waals surface area contributed by atoms with Crippen molar-refractivity contribution in [3.05, 3.63) is 64.2 Å². The number of rotatable bonds is 13. The summed E-state index contributed by atoms with van der Waals surface area (Å²) in [7, 11) is 0.00186. The predicted octanol–water partition coefficient (Wildman–Crippen LogP) is 8.33. The molecular formula is C44H67N6O8PS. The number of methoxy groups -OCH3 is 1. The quantitative estimate of drug-likeness (QED) is 0.0630. The molecule has 16 heteroatoms. The van der Waals surface area contributed by atoms with Crippen molar-refractivity contribution in [2.75, 3.05) is 38.7 Å². The average Bonchev–Trinajstić information content (AvgIpc) is 3.60. The minimum Gasteiger partial charge on any atom is -0.497 e. The highest BCUT2D eigenvalue weighted by molar-refractivity contribution is 7.60. The number of fused-ring (bicyclic) bond motifs is 1. The van der Waals surface area contributed by atoms with Crippen molar-refractivity contribution in [3.8, 4) is 17.1 Å². The van der Waals surface area contributed by atoms with Gasteiger partial charge in [-0.1, -0.05) is 38.5 Å². The van der Waals surface area contributed by atoms with Crippen molar-refractivity contribution in [2.24, 2.45) is 11.8 Å². The lowest BCUT2D eigenvalue weighted by Crippen LogP contribution is -2.47. The van der Waals surface area contributed by atoms with E-state index in [1.807, 2.05) is 37.2 Å². The van der Waals surface area contributed by atoms with E-state index in [0.29, 0.717) is 35.6 Å². The predicted molar refractivity (Wildman–Crippen MR) is 243 cm³/mol. The summed E-state index contributed by atoms with van der Waals surface area (Å²) in [6, 6.07) is 7.09. The molecular weight excluding hydrogens is 804 g/mol. The second-order valence-corrected chi connectivity index (χ2v) is 20.1. The number of nitrogens with zero attached hydrogens (tertiary/aromatic N) is 2. The van der Waals surface area contributed by atoms with Gasteiger partial charge in [0.2, 0.25) is 13.3 Å². The van der Waals surface area contributed by atoms with Gasteiger partial charge in [-0.25, -0.2) is 9.78 Å². The largest absolute Gasteiger partial charge is 0.497 e. The van der Waals surface area contributed by atoms with E-state index in [-0.39, 0.29) is 42.1 Å². The van der Waals surface area contributed by atoms with Gasteiger partial charge in [0, 0.05) is 41.0 Å². The number of likely N-dealkylation sites (tertiary alicyclic amines) is 1. The van der Waals surface area contributed by atoms with Gasteiger partial charge >= 0.3 is 6.09 Å². The molecule has 2 amide bonds. The molecule has 1 saturated heterocycles. The van der Waals surface area contributed by atoms with Gasteiger partial charge in [-0.3, -0.25) is 19.1 Å². The van der Waals surface area contributed by atoms with Gasteiger partial charge in [-0.15, -0.1) is 17.9 Å². The number of allylic oxidation sites excluding steroid dienone is 2. The molecule has 0 bridgehead atoms. The molecule has 14 nitrogen and oxygen atoms in total. The lowest BCUT2D eigenvalue weighted by Gasteiger charge is -2.27. The fraction of sp³-hybridized carbons (Fsp3) is 0.568. The van der Waals surface area contributed by atoms with Crippen molar-refractivity contribution < 1.29 is 33.3 Å². The van der Waals surface area contributed by atoms with E-state index < -0.39 is 18.7 Å². The minimum absolute atomic E-state index is 0.0298. The van der Waals surface area contributed by atoms with Crippen LogP contribution in [0.2, 0.25) is 0 Å². The minimum atomic E-state index is -3.52. The second kappa shape index (κ2) is 23.6. The summed E-state index contributed by atoms with van der Waals surface area (Å²) in [5.74, 6) is 1.29. The fourth-order valence-electron chi connectivity index (χ4n) is 6.73. The van der Waals surface area contributed by atoms with Gasteiger partial charge < -0.3 is 40.1 Å². The summed E-state index contributed by atoms with van der Waals surface area (Å²) in [4.78, 5) is 65.9. The van der Waals surface area contributed by atoms with E-state index >= 15 is 0 Å². The number of anilines is 1. The van der Waals surface area contributed by atoms with Crippen molar-refractivity contribution >= 4 is 53.0 Å². The smallest absolute Gasteiger partial charge is 0.407 e. The number of pyridine rings is 1. The highest BCUT2D eigenvalue weighted by Gasteiger charge is 2.65. The lowest BCUT2D eigenvalue weighted by molar-refractivity contribution is -0.125. The maximum atomic E-state index is 12.8. The van der Waals surface area contributed by atoms with Crippen LogP contribution >= 0.6 is 18.7 Å². The van der Waals surface area contributed by atoms with Crippen LogP contribution in [0, 0.1) is 11.8 Å². The summed E-state index contributed by atoms with van der Waals surface area (Å²) in [6.07, 6.45) is 10.2. The zero-order valence-electron chi connectivity index (χ0n) is 36.8. The Kier molecular flexibility index (Phi) is 19.7. The van der Waals surface area contributed by atoms with Crippen LogP contribution in [0.1, 0.15) is 93.4 Å². The molecule has 332 valence electrons. The Hall–Kier alpha value is -4.30. The number of aldehydes is 1. The molecule has 3 heterocycles. The third-order valence-electron chi connectivity index (χ3n) is 9.94. The summed E-state index contributed by atoms with van der Waals surface area (Å²) in [5, 5.41) is 10.9. The molecule has 6 rings (SSSR count). The Morgan fingerprint density at radius 1 is 1.13 bits per heavy atom. The zero-order chi connectivity index (χ0) is 44.6. The van der Waals surface area contributed by atoms with Crippen LogP contribution in [0.25, 0.3) is 22.3 Å². The number of ether oxygens (including phenoxy) is 2. The van der Waals surface area contributed by atoms with Crippen LogP contribution in [-0.2, 0) is 18.9 Å². The van der Waals surface area contributed by atoms with Gasteiger partial charge in [-0.05, 0) is 104 Å². The van der Waals surface area contributed by atoms with E-state index in [1.165, 1.54) is 11.3 Å². The number of aromatic amines is 1. The number of hydrogen-bond donors (Lipinski definition) is 5. The van der Waals surface area contributed by atoms with E-state index in [9.17, 15) is 28.6 Å². The first-order valence-electron chi connectivity index (χ1n) is 20.8. The third-order valence-corrected chi connectivity index (χ3v) is 13.3. The fourth-order valence-corrected chi connectivity index (χ4v) is 9.91. The Labute approximate surface area is 359 Å². The molecule has 3 unspecified atom stereocenters. The number of nitrogens with one attached hydrogen (secondary N) is 4. The molecule has 2 aromatic heterocycles. The molecule has 2 aliphatic carbocycles. The number of alkyl carbamates (subject to hydrolysis) is 1. The van der Waals surface area contributed by atoms with Crippen LogP contribution < -0.4 is 26.1 Å². The number of carbonyl (C=O) groups excluding carboxylic acids is 3. The van der Waals surface area contributed by atoms with Gasteiger partial charge in [0.15, 0.2) is 10.6 Å². The summed E-state index contributed by atoms with van der Waals surface area (Å²) < 4.78 is 23.1. The second-order valence-electron chi connectivity index (χ2n) is 16.7. The topological polar surface area (TPSA) is 192 Å². The summed E-state index contributed by atoms with van der Waals surface area (Å²) in [5.41, 5.74) is 3.18. The van der Waals surface area contributed by atoms with E-state index in [2.05, 4.69) is 67.1 Å². The molecule has 3 aliphatic rings. The monoisotopic (exact) mass is 870 g/mol. The first-order valence-corrected chi connectivity index (χ1v) is 23.5. The molecule has 2 saturated carbocycles. The molecule has 1 aliphatic heterocycles. The molecule has 1 aromatic carbocycles. The van der Waals surface area contributed by atoms with E-state index in [0.717, 1.165) is 72.9 Å². The number of benzene rings is 1. The van der Waals surface area contributed by atoms with Gasteiger partial charge in [0.05, 0.1) is 36.6 Å². The van der Waals surface area contributed by atoms with E-state index in [1.54, 1.807) is 37.5 Å². The van der Waals surface area contributed by atoms with Crippen LogP contribution in [0.5, 0.6) is 5.75 Å². The number of amides is 2.